The maximum absolute atomic E-state index is 6.37. The second kappa shape index (κ2) is 7.59. The average molecular weight is 424 g/mol. The monoisotopic (exact) mass is 424 g/mol. The summed E-state index contributed by atoms with van der Waals surface area (Å²) in [5.41, 5.74) is 23.0. The molecular weight excluding hydrogens is 404 g/mol. The van der Waals surface area contributed by atoms with E-state index >= 15 is 0 Å². The summed E-state index contributed by atoms with van der Waals surface area (Å²) in [5.74, 6) is 2.17. The van der Waals surface area contributed by atoms with E-state index in [2.05, 4.69) is 15.0 Å². The van der Waals surface area contributed by atoms with Crippen LogP contribution in [-0.2, 0) is 0 Å². The molecule has 0 unspecified atom stereocenters. The normalized spacial score (nSPS) is 12.1. The predicted molar refractivity (Wildman–Crippen MR) is 125 cm³/mol. The van der Waals surface area contributed by atoms with Crippen LogP contribution in [0.3, 0.4) is 0 Å². The molecule has 1 aliphatic heterocycles. The number of anilines is 2. The van der Waals surface area contributed by atoms with Gasteiger partial charge in [0.15, 0.2) is 5.75 Å². The summed E-state index contributed by atoms with van der Waals surface area (Å²) in [6.07, 6.45) is 0. The molecule has 0 bridgehead atoms. The molecule has 0 saturated carbocycles. The van der Waals surface area contributed by atoms with Crippen molar-refractivity contribution in [2.24, 2.45) is 10.7 Å². The Balaban J connectivity index is 1.65. The van der Waals surface area contributed by atoms with Gasteiger partial charge in [0.2, 0.25) is 5.95 Å². The number of hydrogen-bond donors (Lipinski definition) is 3. The van der Waals surface area contributed by atoms with Gasteiger partial charge in [-0.25, -0.2) is 15.0 Å². The van der Waals surface area contributed by atoms with Gasteiger partial charge in [-0.2, -0.15) is 0 Å². The first-order chi connectivity index (χ1) is 15.5. The van der Waals surface area contributed by atoms with Crippen molar-refractivity contribution in [3.63, 3.8) is 0 Å². The molecule has 32 heavy (non-hydrogen) atoms. The highest BCUT2D eigenvalue weighted by atomic mass is 16.5. The number of nitrogens with zero attached hydrogens (tertiary/aromatic N) is 3. The third kappa shape index (κ3) is 3.33. The van der Waals surface area contributed by atoms with Crippen LogP contribution >= 0.6 is 0 Å². The molecular formula is C24H20N6O2. The fraction of sp³-hybridized carbons (Fsp3) is 0.0417. The smallest absolute Gasteiger partial charge is 0.221 e. The molecule has 1 aromatic heterocycles. The van der Waals surface area contributed by atoms with Gasteiger partial charge in [-0.3, -0.25) is 0 Å². The predicted octanol–water partition coefficient (Wildman–Crippen LogP) is 4.13. The van der Waals surface area contributed by atoms with Crippen molar-refractivity contribution in [2.75, 3.05) is 18.6 Å². The Morgan fingerprint density at radius 2 is 1.56 bits per heavy atom. The van der Waals surface area contributed by atoms with Crippen molar-refractivity contribution in [1.82, 2.24) is 9.97 Å². The van der Waals surface area contributed by atoms with Crippen LogP contribution in [0.15, 0.2) is 71.7 Å². The third-order valence-electron chi connectivity index (χ3n) is 5.14. The van der Waals surface area contributed by atoms with Crippen LogP contribution in [0.1, 0.15) is 5.56 Å². The van der Waals surface area contributed by atoms with E-state index in [4.69, 9.17) is 26.7 Å². The van der Waals surface area contributed by atoms with Crippen LogP contribution < -0.4 is 26.7 Å². The molecule has 0 amide bonds. The second-order valence-corrected chi connectivity index (χ2v) is 7.20. The zero-order valence-electron chi connectivity index (χ0n) is 17.2. The molecule has 3 aromatic carbocycles. The first kappa shape index (κ1) is 19.4. The molecule has 5 rings (SSSR count). The van der Waals surface area contributed by atoms with E-state index in [0.717, 1.165) is 5.56 Å². The van der Waals surface area contributed by atoms with E-state index in [1.165, 1.54) is 0 Å². The van der Waals surface area contributed by atoms with Crippen molar-refractivity contribution in [3.05, 3.63) is 72.3 Å². The number of ether oxygens (including phenoxy) is 2. The Bertz CT molecular complexity index is 1380. The molecule has 4 aromatic rings. The minimum Gasteiger partial charge on any atom is -0.496 e. The number of aliphatic imine (C=N–C) groups is 1. The van der Waals surface area contributed by atoms with E-state index in [0.29, 0.717) is 51.1 Å². The van der Waals surface area contributed by atoms with E-state index in [-0.39, 0.29) is 11.8 Å². The molecule has 0 aliphatic carbocycles. The number of aromatic nitrogens is 2. The van der Waals surface area contributed by atoms with Gasteiger partial charge >= 0.3 is 0 Å². The number of amidine groups is 1. The van der Waals surface area contributed by atoms with Crippen LogP contribution in [0, 0.1) is 0 Å². The topological polar surface area (TPSA) is 135 Å². The molecule has 0 fully saturated rings. The van der Waals surface area contributed by atoms with E-state index in [1.807, 2.05) is 60.7 Å². The lowest BCUT2D eigenvalue weighted by Gasteiger charge is -2.14. The molecule has 0 saturated heterocycles. The number of hydrogen-bond acceptors (Lipinski definition) is 8. The largest absolute Gasteiger partial charge is 0.496 e. The molecule has 0 radical (unpaired) electrons. The van der Waals surface area contributed by atoms with Crippen LogP contribution in [0.2, 0.25) is 0 Å². The van der Waals surface area contributed by atoms with Crippen LogP contribution in [-0.4, -0.2) is 22.9 Å². The molecule has 0 atom stereocenters. The Morgan fingerprint density at radius 1 is 0.812 bits per heavy atom. The summed E-state index contributed by atoms with van der Waals surface area (Å²) in [6.45, 7) is 0. The Morgan fingerprint density at radius 3 is 2.41 bits per heavy atom. The van der Waals surface area contributed by atoms with Crippen molar-refractivity contribution in [3.8, 4) is 39.8 Å². The molecule has 0 spiro atoms. The van der Waals surface area contributed by atoms with Crippen molar-refractivity contribution >= 4 is 23.2 Å². The van der Waals surface area contributed by atoms with Gasteiger partial charge in [0.1, 0.15) is 23.0 Å². The summed E-state index contributed by atoms with van der Waals surface area (Å²) in [4.78, 5) is 13.3. The van der Waals surface area contributed by atoms with Gasteiger partial charge in [-0.05, 0) is 42.5 Å². The van der Waals surface area contributed by atoms with Gasteiger partial charge in [0, 0.05) is 16.8 Å². The molecule has 158 valence electrons. The fourth-order valence-electron chi connectivity index (χ4n) is 3.69. The standard InChI is InChI=1S/C24H20N6O2/c1-31-19-8-4-2-6-14(19)18-12-17(29-24(27)30-18)13-10-15(25)22-21(11-13)32-20-9-5-3-7-16(20)28-23(22)26/h2-12H,25H2,1H3,(H2,26,28)(H2,27,29,30). The summed E-state index contributed by atoms with van der Waals surface area (Å²) in [6, 6.07) is 20.4. The minimum absolute atomic E-state index is 0.129. The van der Waals surface area contributed by atoms with Gasteiger partial charge < -0.3 is 26.7 Å². The number of benzene rings is 3. The highest BCUT2D eigenvalue weighted by molar-refractivity contribution is 6.07. The third-order valence-corrected chi connectivity index (χ3v) is 5.14. The lowest BCUT2D eigenvalue weighted by Crippen LogP contribution is -2.15. The Hall–Kier alpha value is -4.59. The van der Waals surface area contributed by atoms with E-state index < -0.39 is 0 Å². The number of rotatable bonds is 3. The maximum Gasteiger partial charge on any atom is 0.221 e. The number of nitrogens with two attached hydrogens (primary N) is 3. The summed E-state index contributed by atoms with van der Waals surface area (Å²) in [7, 11) is 1.61. The van der Waals surface area contributed by atoms with Crippen molar-refractivity contribution in [1.29, 1.82) is 0 Å². The summed E-state index contributed by atoms with van der Waals surface area (Å²) in [5, 5.41) is 0. The van der Waals surface area contributed by atoms with E-state index in [9.17, 15) is 0 Å². The molecule has 8 nitrogen and oxygen atoms in total. The average Bonchev–Trinajstić information content (AvgIpc) is 2.94. The SMILES string of the molecule is COc1ccccc1-c1cc(-c2cc(N)c3c(c2)Oc2ccccc2N=C3N)nc(N)n1. The van der Waals surface area contributed by atoms with Gasteiger partial charge in [-0.1, -0.05) is 24.3 Å². The summed E-state index contributed by atoms with van der Waals surface area (Å²) < 4.78 is 11.6. The van der Waals surface area contributed by atoms with Crippen molar-refractivity contribution < 1.29 is 9.47 Å². The zero-order chi connectivity index (χ0) is 22.2. The molecule has 2 heterocycles. The summed E-state index contributed by atoms with van der Waals surface area (Å²) >= 11 is 0. The van der Waals surface area contributed by atoms with Crippen molar-refractivity contribution in [2.45, 2.75) is 0 Å². The number of methoxy groups -OCH3 is 1. The zero-order valence-corrected chi connectivity index (χ0v) is 17.2. The van der Waals surface area contributed by atoms with Gasteiger partial charge in [0.25, 0.3) is 0 Å². The lowest BCUT2D eigenvalue weighted by atomic mass is 10.0. The highest BCUT2D eigenvalue weighted by Crippen LogP contribution is 2.41. The van der Waals surface area contributed by atoms with Crippen LogP contribution in [0.5, 0.6) is 17.2 Å². The van der Waals surface area contributed by atoms with Gasteiger partial charge in [0.05, 0.1) is 24.1 Å². The highest BCUT2D eigenvalue weighted by Gasteiger charge is 2.21. The Labute approximate surface area is 184 Å². The van der Waals surface area contributed by atoms with Crippen LogP contribution in [0.25, 0.3) is 22.5 Å². The molecule has 1 aliphatic rings. The van der Waals surface area contributed by atoms with Crippen LogP contribution in [0.4, 0.5) is 17.3 Å². The first-order valence-electron chi connectivity index (χ1n) is 9.87. The number of para-hydroxylation sites is 3. The molecule has 8 heteroatoms. The fourth-order valence-corrected chi connectivity index (χ4v) is 3.69. The number of nitrogen functional groups attached to an aromatic ring is 2. The lowest BCUT2D eigenvalue weighted by molar-refractivity contribution is 0.416. The maximum atomic E-state index is 6.37. The second-order valence-electron chi connectivity index (χ2n) is 7.20. The number of fused-ring (bicyclic) bond motifs is 2. The van der Waals surface area contributed by atoms with Gasteiger partial charge in [-0.15, -0.1) is 0 Å². The quantitative estimate of drug-likeness (QED) is 0.421. The minimum atomic E-state index is 0.129. The molecule has 6 N–H and O–H groups in total. The van der Waals surface area contributed by atoms with E-state index in [1.54, 1.807) is 13.2 Å². The Kier molecular flexibility index (Phi) is 4.59. The first-order valence-corrected chi connectivity index (χ1v) is 9.87.